The zero-order valence-corrected chi connectivity index (χ0v) is 55.1. The van der Waals surface area contributed by atoms with Crippen molar-refractivity contribution < 1.29 is 80.2 Å². The first kappa shape index (κ1) is 81.1. The molecule has 0 aliphatic rings. The van der Waals surface area contributed by atoms with E-state index in [4.69, 9.17) is 37.0 Å². The van der Waals surface area contributed by atoms with Gasteiger partial charge in [-0.25, -0.2) is 9.13 Å². The topological polar surface area (TPSA) is 237 Å². The van der Waals surface area contributed by atoms with Crippen molar-refractivity contribution in [1.29, 1.82) is 0 Å². The van der Waals surface area contributed by atoms with E-state index in [0.29, 0.717) is 25.7 Å². The van der Waals surface area contributed by atoms with Gasteiger partial charge in [-0.3, -0.25) is 37.3 Å². The van der Waals surface area contributed by atoms with E-state index in [9.17, 15) is 43.2 Å². The second kappa shape index (κ2) is 57.8. The van der Waals surface area contributed by atoms with Crippen LogP contribution in [0.3, 0.4) is 0 Å². The molecule has 2 unspecified atom stereocenters. The highest BCUT2D eigenvalue weighted by molar-refractivity contribution is 7.47. The number of unbranched alkanes of at least 4 members (excludes halogenated alkanes) is 36. The first-order chi connectivity index (χ1) is 40.0. The molecule has 83 heavy (non-hydrogen) atoms. The third kappa shape index (κ3) is 58.8. The van der Waals surface area contributed by atoms with Gasteiger partial charge in [-0.15, -0.1) is 0 Å². The van der Waals surface area contributed by atoms with Crippen molar-refractivity contribution in [3.63, 3.8) is 0 Å². The van der Waals surface area contributed by atoms with Crippen LogP contribution in [0.1, 0.15) is 324 Å². The largest absolute Gasteiger partial charge is 0.472 e. The molecule has 5 atom stereocenters. The van der Waals surface area contributed by atoms with Gasteiger partial charge >= 0.3 is 39.5 Å². The Balaban J connectivity index is 5.19. The van der Waals surface area contributed by atoms with Crippen LogP contribution in [0.25, 0.3) is 0 Å². The second-order valence-corrected chi connectivity index (χ2v) is 26.5. The maximum atomic E-state index is 13.0. The molecule has 492 valence electrons. The fourth-order valence-corrected chi connectivity index (χ4v) is 11.2. The molecule has 0 rings (SSSR count). The standard InChI is InChI=1S/C64H124O17P2/c1-6-9-12-15-18-20-24-29-33-38-43-48-62(67)75-54-60(81-64(69)50-45-40-35-30-26-23-21-22-25-28-32-36-41-46-57(4)5)56-79-83(72,73)77-52-58(65)51-76-82(70,71)78-55-59(53-74-61(66)47-42-37-31-17-14-11-8-3)80-63(68)49-44-39-34-27-19-16-13-10-7-2/h57-60,65H,6-56H2,1-5H3,(H,70,71)(H,72,73)/t58-,59+,60+/m0/s1. The molecule has 0 fully saturated rings. The number of aliphatic hydroxyl groups is 1. The number of ether oxygens (including phenoxy) is 4. The van der Waals surface area contributed by atoms with Crippen molar-refractivity contribution in [2.75, 3.05) is 39.6 Å². The van der Waals surface area contributed by atoms with Crippen LogP contribution in [0.2, 0.25) is 0 Å². The van der Waals surface area contributed by atoms with Crippen molar-refractivity contribution in [2.24, 2.45) is 5.92 Å². The van der Waals surface area contributed by atoms with Crippen LogP contribution in [0.5, 0.6) is 0 Å². The molecule has 0 amide bonds. The molecule has 0 radical (unpaired) electrons. The van der Waals surface area contributed by atoms with Crippen molar-refractivity contribution in [3.8, 4) is 0 Å². The summed E-state index contributed by atoms with van der Waals surface area (Å²) >= 11 is 0. The number of esters is 4. The summed E-state index contributed by atoms with van der Waals surface area (Å²) in [6.45, 7) is 7.16. The minimum Gasteiger partial charge on any atom is -0.462 e. The monoisotopic (exact) mass is 1230 g/mol. The van der Waals surface area contributed by atoms with E-state index >= 15 is 0 Å². The SMILES string of the molecule is CCCCCCCCCCCCCC(=O)OC[C@H](COP(=O)(O)OC[C@@H](O)COP(=O)(O)OC[C@@H](COC(=O)CCCCCCCCC)OC(=O)CCCCCCCCCCC)OC(=O)CCCCCCCCCCCCCCCC(C)C. The van der Waals surface area contributed by atoms with Crippen LogP contribution in [-0.4, -0.2) is 96.7 Å². The minimum atomic E-state index is -4.94. The van der Waals surface area contributed by atoms with E-state index in [1.165, 1.54) is 135 Å². The minimum absolute atomic E-state index is 0.105. The van der Waals surface area contributed by atoms with Crippen LogP contribution >= 0.6 is 15.6 Å². The number of phosphoric acid groups is 2. The first-order valence-corrected chi connectivity index (χ1v) is 36.6. The molecular formula is C64H124O17P2. The van der Waals surface area contributed by atoms with Gasteiger partial charge in [0.25, 0.3) is 0 Å². The van der Waals surface area contributed by atoms with Crippen LogP contribution in [-0.2, 0) is 65.4 Å². The summed E-state index contributed by atoms with van der Waals surface area (Å²) in [4.78, 5) is 72.1. The van der Waals surface area contributed by atoms with Crippen LogP contribution in [0.15, 0.2) is 0 Å². The second-order valence-electron chi connectivity index (χ2n) is 23.6. The summed E-state index contributed by atoms with van der Waals surface area (Å²) in [6, 6.07) is 0. The Kier molecular flexibility index (Phi) is 56.4. The van der Waals surface area contributed by atoms with E-state index < -0.39 is 97.5 Å². The highest BCUT2D eigenvalue weighted by Gasteiger charge is 2.30. The molecule has 0 saturated carbocycles. The highest BCUT2D eigenvalue weighted by Crippen LogP contribution is 2.45. The summed E-state index contributed by atoms with van der Waals surface area (Å²) in [5, 5.41) is 10.5. The fraction of sp³-hybridized carbons (Fsp3) is 0.938. The molecular weight excluding hydrogens is 1100 g/mol. The summed E-state index contributed by atoms with van der Waals surface area (Å²) in [7, 11) is -9.88. The van der Waals surface area contributed by atoms with Crippen molar-refractivity contribution in [3.05, 3.63) is 0 Å². The molecule has 0 aliphatic heterocycles. The molecule has 3 N–H and O–H groups in total. The predicted octanol–water partition coefficient (Wildman–Crippen LogP) is 17.8. The number of hydrogen-bond donors (Lipinski definition) is 3. The third-order valence-electron chi connectivity index (χ3n) is 14.8. The zero-order chi connectivity index (χ0) is 61.3. The molecule has 0 aromatic carbocycles. The van der Waals surface area contributed by atoms with Crippen LogP contribution in [0.4, 0.5) is 0 Å². The number of hydrogen-bond acceptors (Lipinski definition) is 15. The normalized spacial score (nSPS) is 14.2. The van der Waals surface area contributed by atoms with Gasteiger partial charge in [0.05, 0.1) is 26.4 Å². The molecule has 0 spiro atoms. The molecule has 17 nitrogen and oxygen atoms in total. The van der Waals surface area contributed by atoms with Gasteiger partial charge in [0.15, 0.2) is 12.2 Å². The van der Waals surface area contributed by atoms with Gasteiger partial charge in [-0.05, 0) is 31.6 Å². The Morgan fingerprint density at radius 2 is 0.554 bits per heavy atom. The maximum absolute atomic E-state index is 13.0. The highest BCUT2D eigenvalue weighted by atomic mass is 31.2. The van der Waals surface area contributed by atoms with E-state index in [0.717, 1.165) is 109 Å². The Hall–Kier alpha value is -1.94. The van der Waals surface area contributed by atoms with Gasteiger partial charge in [0.1, 0.15) is 19.3 Å². The lowest BCUT2D eigenvalue weighted by Crippen LogP contribution is -2.30. The average Bonchev–Trinajstić information content (AvgIpc) is 3.45. The third-order valence-corrected chi connectivity index (χ3v) is 16.7. The molecule has 19 heteroatoms. The Labute approximate surface area is 505 Å². The lowest BCUT2D eigenvalue weighted by molar-refractivity contribution is -0.161. The maximum Gasteiger partial charge on any atom is 0.472 e. The molecule has 0 aliphatic carbocycles. The average molecular weight is 1230 g/mol. The number of rotatable bonds is 64. The van der Waals surface area contributed by atoms with Crippen molar-refractivity contribution in [2.45, 2.75) is 342 Å². The van der Waals surface area contributed by atoms with Crippen LogP contribution < -0.4 is 0 Å². The van der Waals surface area contributed by atoms with Crippen molar-refractivity contribution in [1.82, 2.24) is 0 Å². The Bertz CT molecular complexity index is 1620. The van der Waals surface area contributed by atoms with Gasteiger partial charge in [-0.2, -0.15) is 0 Å². The Morgan fingerprint density at radius 3 is 0.819 bits per heavy atom. The predicted molar refractivity (Wildman–Crippen MR) is 331 cm³/mol. The number of aliphatic hydroxyl groups excluding tert-OH is 1. The molecule has 0 bridgehead atoms. The van der Waals surface area contributed by atoms with E-state index in [1.807, 2.05) is 0 Å². The lowest BCUT2D eigenvalue weighted by Gasteiger charge is -2.21. The molecule has 0 aromatic heterocycles. The number of carbonyl (C=O) groups is 4. The van der Waals surface area contributed by atoms with Gasteiger partial charge < -0.3 is 33.8 Å². The summed E-state index contributed by atoms with van der Waals surface area (Å²) in [6.07, 6.45) is 41.7. The van der Waals surface area contributed by atoms with Crippen molar-refractivity contribution >= 4 is 39.5 Å². The summed E-state index contributed by atoms with van der Waals surface area (Å²) < 4.78 is 67.9. The summed E-state index contributed by atoms with van der Waals surface area (Å²) in [5.74, 6) is -1.35. The van der Waals surface area contributed by atoms with Gasteiger partial charge in [0.2, 0.25) is 0 Å². The van der Waals surface area contributed by atoms with E-state index in [2.05, 4.69) is 34.6 Å². The quantitative estimate of drug-likeness (QED) is 0.0222. The van der Waals surface area contributed by atoms with Crippen LogP contribution in [0, 0.1) is 5.92 Å². The van der Waals surface area contributed by atoms with E-state index in [1.54, 1.807) is 0 Å². The molecule has 0 saturated heterocycles. The Morgan fingerprint density at radius 1 is 0.325 bits per heavy atom. The lowest BCUT2D eigenvalue weighted by atomic mass is 10.0. The van der Waals surface area contributed by atoms with Gasteiger partial charge in [-0.1, -0.05) is 272 Å². The smallest absolute Gasteiger partial charge is 0.462 e. The first-order valence-electron chi connectivity index (χ1n) is 33.6. The molecule has 0 aromatic rings. The summed E-state index contributed by atoms with van der Waals surface area (Å²) in [5.41, 5.74) is 0. The van der Waals surface area contributed by atoms with E-state index in [-0.39, 0.29) is 25.7 Å². The van der Waals surface area contributed by atoms with Gasteiger partial charge in [0, 0.05) is 25.7 Å². The number of carbonyl (C=O) groups excluding carboxylic acids is 4. The molecule has 0 heterocycles. The fourth-order valence-electron chi connectivity index (χ4n) is 9.58. The number of phosphoric ester groups is 2. The zero-order valence-electron chi connectivity index (χ0n) is 53.3.